The maximum Gasteiger partial charge on any atom is 0.252 e. The third-order valence-corrected chi connectivity index (χ3v) is 5.91. The molecule has 3 N–H and O–H groups in total. The molecule has 5 heteroatoms. The van der Waals surface area contributed by atoms with Gasteiger partial charge in [-0.15, -0.1) is 0 Å². The summed E-state index contributed by atoms with van der Waals surface area (Å²) in [6.45, 7) is 4.05. The molecule has 0 bridgehead atoms. The molecule has 0 radical (unpaired) electrons. The summed E-state index contributed by atoms with van der Waals surface area (Å²) < 4.78 is 5.89. The van der Waals surface area contributed by atoms with Gasteiger partial charge in [0.15, 0.2) is 0 Å². The quantitative estimate of drug-likeness (QED) is 0.497. The van der Waals surface area contributed by atoms with Crippen molar-refractivity contribution < 1.29 is 4.74 Å². The molecule has 3 aromatic carbocycles. The summed E-state index contributed by atoms with van der Waals surface area (Å²) in [5.74, 6) is 0.0261. The van der Waals surface area contributed by atoms with E-state index in [4.69, 9.17) is 10.5 Å². The van der Waals surface area contributed by atoms with E-state index in [0.29, 0.717) is 11.3 Å². The zero-order valence-electron chi connectivity index (χ0n) is 16.6. The molecule has 5 rings (SSSR count). The van der Waals surface area contributed by atoms with Crippen molar-refractivity contribution in [2.45, 2.75) is 19.8 Å². The van der Waals surface area contributed by atoms with Crippen LogP contribution in [0.5, 0.6) is 5.75 Å². The third kappa shape index (κ3) is 2.58. The molecule has 0 amide bonds. The van der Waals surface area contributed by atoms with Crippen LogP contribution < -0.4 is 16.0 Å². The molecule has 1 aliphatic rings. The van der Waals surface area contributed by atoms with Gasteiger partial charge in [-0.2, -0.15) is 5.26 Å². The lowest BCUT2D eigenvalue weighted by molar-refractivity contribution is 0.398. The molecular weight excluding hydrogens is 374 g/mol. The van der Waals surface area contributed by atoms with Crippen molar-refractivity contribution >= 4 is 21.7 Å². The molecule has 0 spiro atoms. The number of nitriles is 1. The minimum absolute atomic E-state index is 0.0333. The number of fused-ring (bicyclic) bond motifs is 4. The monoisotopic (exact) mass is 393 g/mol. The summed E-state index contributed by atoms with van der Waals surface area (Å²) in [7, 11) is 0. The molecule has 146 valence electrons. The molecule has 0 saturated heterocycles. The van der Waals surface area contributed by atoms with Crippen LogP contribution in [0.15, 0.2) is 70.8 Å². The number of aromatic nitrogens is 1. The number of nitrogens with zero attached hydrogens (tertiary/aromatic N) is 1. The Balaban J connectivity index is 1.83. The summed E-state index contributed by atoms with van der Waals surface area (Å²) in [5.41, 5.74) is 10.4. The van der Waals surface area contributed by atoms with E-state index in [1.54, 1.807) is 0 Å². The topological polar surface area (TPSA) is 91.9 Å². The Bertz CT molecular complexity index is 1490. The summed E-state index contributed by atoms with van der Waals surface area (Å²) in [4.78, 5) is 16.1. The fourth-order valence-corrected chi connectivity index (χ4v) is 4.21. The lowest BCUT2D eigenvalue weighted by atomic mass is 9.82. The highest BCUT2D eigenvalue weighted by Crippen LogP contribution is 2.44. The highest BCUT2D eigenvalue weighted by atomic mass is 16.5. The van der Waals surface area contributed by atoms with Crippen LogP contribution in [0.25, 0.3) is 21.7 Å². The van der Waals surface area contributed by atoms with E-state index < -0.39 is 5.92 Å². The predicted octanol–water partition coefficient (Wildman–Crippen LogP) is 4.52. The van der Waals surface area contributed by atoms with Gasteiger partial charge in [-0.1, -0.05) is 36.4 Å². The number of hydrogen-bond acceptors (Lipinski definition) is 4. The van der Waals surface area contributed by atoms with Crippen molar-refractivity contribution in [2.24, 2.45) is 5.73 Å². The van der Waals surface area contributed by atoms with Crippen molar-refractivity contribution in [3.63, 3.8) is 0 Å². The average molecular weight is 393 g/mol. The molecule has 0 unspecified atom stereocenters. The Hall–Kier alpha value is -4.04. The first-order valence-corrected chi connectivity index (χ1v) is 9.71. The second-order valence-corrected chi connectivity index (χ2v) is 7.71. The highest BCUT2D eigenvalue weighted by molar-refractivity contribution is 5.91. The van der Waals surface area contributed by atoms with Gasteiger partial charge in [-0.3, -0.25) is 4.79 Å². The minimum atomic E-state index is -0.599. The zero-order chi connectivity index (χ0) is 21.0. The van der Waals surface area contributed by atoms with Gasteiger partial charge in [0, 0.05) is 22.0 Å². The normalized spacial score (nSPS) is 15.7. The Kier molecular flexibility index (Phi) is 3.90. The largest absolute Gasteiger partial charge is 0.440 e. The van der Waals surface area contributed by atoms with Gasteiger partial charge < -0.3 is 15.5 Å². The maximum absolute atomic E-state index is 13.1. The molecular formula is C25H19N3O2. The van der Waals surface area contributed by atoms with Gasteiger partial charge in [0.05, 0.1) is 5.92 Å². The first-order valence-electron chi connectivity index (χ1n) is 9.71. The number of benzene rings is 3. The van der Waals surface area contributed by atoms with Crippen LogP contribution in [0.4, 0.5) is 0 Å². The third-order valence-electron chi connectivity index (χ3n) is 5.91. The van der Waals surface area contributed by atoms with Crippen LogP contribution in [0, 0.1) is 25.2 Å². The zero-order valence-corrected chi connectivity index (χ0v) is 16.6. The van der Waals surface area contributed by atoms with Crippen LogP contribution in [-0.2, 0) is 0 Å². The van der Waals surface area contributed by atoms with Crippen LogP contribution in [-0.4, -0.2) is 4.98 Å². The highest BCUT2D eigenvalue weighted by Gasteiger charge is 2.33. The molecule has 0 aliphatic carbocycles. The Labute approximate surface area is 173 Å². The first kappa shape index (κ1) is 18.0. The number of aromatic amines is 1. The van der Waals surface area contributed by atoms with Crippen molar-refractivity contribution in [2.75, 3.05) is 0 Å². The predicted molar refractivity (Wildman–Crippen MR) is 117 cm³/mol. The summed E-state index contributed by atoms with van der Waals surface area (Å²) in [5, 5.41) is 12.6. The number of ether oxygens (including phenoxy) is 1. The van der Waals surface area contributed by atoms with Crippen molar-refractivity contribution in [1.82, 2.24) is 4.98 Å². The van der Waals surface area contributed by atoms with Gasteiger partial charge in [0.25, 0.3) is 5.56 Å². The van der Waals surface area contributed by atoms with Crippen molar-refractivity contribution in [3.8, 4) is 11.8 Å². The van der Waals surface area contributed by atoms with E-state index in [-0.39, 0.29) is 17.0 Å². The number of H-pyrrole nitrogens is 1. The van der Waals surface area contributed by atoms with E-state index in [0.717, 1.165) is 38.4 Å². The molecule has 2 heterocycles. The molecule has 1 aliphatic heterocycles. The standard InChI is InChI=1S/C25H19N3O2/c1-13-9-16-11-19(25(29)28-21(16)10-14(13)2)22-18-8-7-15-5-3-4-6-17(15)23(18)30-24(27)20(22)12-26/h3-11,22H,27H2,1-2H3,(H,28,29)/t22-/m1/s1. The number of nitrogens with one attached hydrogen (secondary N) is 1. The SMILES string of the molecule is Cc1cc2cc([C@@H]3C(C#N)=C(N)Oc4c3ccc3ccccc43)c(=O)[nH]c2cc1C. The Morgan fingerprint density at radius 2 is 1.77 bits per heavy atom. The fraction of sp³-hybridized carbons (Fsp3) is 0.120. The van der Waals surface area contributed by atoms with E-state index in [1.807, 2.05) is 68.4 Å². The number of hydrogen-bond donors (Lipinski definition) is 2. The number of pyridine rings is 1. The number of aryl methyl sites for hydroxylation is 2. The lowest BCUT2D eigenvalue weighted by Crippen LogP contribution is -2.25. The molecule has 0 fully saturated rings. The van der Waals surface area contributed by atoms with E-state index in [1.165, 1.54) is 0 Å². The summed E-state index contributed by atoms with van der Waals surface area (Å²) in [6, 6.07) is 19.7. The molecule has 30 heavy (non-hydrogen) atoms. The van der Waals surface area contributed by atoms with Crippen LogP contribution in [0.2, 0.25) is 0 Å². The fourth-order valence-electron chi connectivity index (χ4n) is 4.21. The number of allylic oxidation sites excluding steroid dienone is 1. The van der Waals surface area contributed by atoms with E-state index in [2.05, 4.69) is 11.1 Å². The molecule has 1 aromatic heterocycles. The first-order chi connectivity index (χ1) is 14.5. The smallest absolute Gasteiger partial charge is 0.252 e. The van der Waals surface area contributed by atoms with E-state index >= 15 is 0 Å². The molecule has 5 nitrogen and oxygen atoms in total. The second kappa shape index (κ2) is 6.50. The maximum atomic E-state index is 13.1. The van der Waals surface area contributed by atoms with Crippen molar-refractivity contribution in [1.29, 1.82) is 5.26 Å². The Morgan fingerprint density at radius 1 is 1.00 bits per heavy atom. The number of nitrogens with two attached hydrogens (primary N) is 1. The van der Waals surface area contributed by atoms with Crippen molar-refractivity contribution in [3.05, 3.63) is 98.7 Å². The average Bonchev–Trinajstić information content (AvgIpc) is 2.74. The minimum Gasteiger partial charge on any atom is -0.440 e. The van der Waals surface area contributed by atoms with Gasteiger partial charge in [0.1, 0.15) is 17.4 Å². The Morgan fingerprint density at radius 3 is 2.57 bits per heavy atom. The van der Waals surface area contributed by atoms with Gasteiger partial charge >= 0.3 is 0 Å². The lowest BCUT2D eigenvalue weighted by Gasteiger charge is -2.27. The molecule has 0 saturated carbocycles. The van der Waals surface area contributed by atoms with Gasteiger partial charge in [-0.05, 0) is 53.9 Å². The van der Waals surface area contributed by atoms with Crippen LogP contribution in [0.1, 0.15) is 28.2 Å². The number of rotatable bonds is 1. The second-order valence-electron chi connectivity index (χ2n) is 7.71. The van der Waals surface area contributed by atoms with Gasteiger partial charge in [0.2, 0.25) is 5.88 Å². The van der Waals surface area contributed by atoms with Crippen LogP contribution >= 0.6 is 0 Å². The molecule has 4 aromatic rings. The van der Waals surface area contributed by atoms with Crippen LogP contribution in [0.3, 0.4) is 0 Å². The van der Waals surface area contributed by atoms with E-state index in [9.17, 15) is 10.1 Å². The molecule has 1 atom stereocenters. The summed E-state index contributed by atoms with van der Waals surface area (Å²) >= 11 is 0. The summed E-state index contributed by atoms with van der Waals surface area (Å²) in [6.07, 6.45) is 0. The van der Waals surface area contributed by atoms with Gasteiger partial charge in [-0.25, -0.2) is 0 Å².